The van der Waals surface area contributed by atoms with E-state index in [1.54, 1.807) is 30.3 Å². The number of carbonyl (C=O) groups is 1. The molecule has 0 radical (unpaired) electrons. The maximum absolute atomic E-state index is 13.4. The van der Waals surface area contributed by atoms with Gasteiger partial charge in [0.2, 0.25) is 5.54 Å². The van der Waals surface area contributed by atoms with Crippen LogP contribution in [0.4, 0.5) is 13.2 Å². The molecule has 1 aromatic rings. The molecule has 3 nitrogen and oxygen atoms in total. The van der Waals surface area contributed by atoms with Crippen molar-refractivity contribution < 1.29 is 22.7 Å². The highest BCUT2D eigenvalue weighted by molar-refractivity contribution is 5.85. The fourth-order valence-corrected chi connectivity index (χ4v) is 2.45. The molecule has 3 atom stereocenters. The van der Waals surface area contributed by atoms with E-state index in [2.05, 4.69) is 5.32 Å². The third-order valence-corrected chi connectivity index (χ3v) is 3.86. The molecule has 1 aromatic carbocycles. The van der Waals surface area contributed by atoms with Crippen molar-refractivity contribution in [1.29, 1.82) is 0 Å². The van der Waals surface area contributed by atoms with Crippen molar-refractivity contribution in [3.8, 4) is 0 Å². The van der Waals surface area contributed by atoms with Crippen LogP contribution in [0.2, 0.25) is 0 Å². The third kappa shape index (κ3) is 2.28. The lowest BCUT2D eigenvalue weighted by molar-refractivity contribution is -0.208. The van der Waals surface area contributed by atoms with E-state index in [4.69, 9.17) is 4.74 Å². The van der Waals surface area contributed by atoms with Crippen molar-refractivity contribution >= 4 is 5.97 Å². The van der Waals surface area contributed by atoms with Crippen LogP contribution in [0.1, 0.15) is 19.4 Å². The fraction of sp³-hybridized carbons (Fsp3) is 0.500. The van der Waals surface area contributed by atoms with E-state index in [0.29, 0.717) is 5.56 Å². The SMILES string of the molecule is C[C@@H]1OC(=O)[C@@](NCc2ccccc2)(C(F)(F)F)[C@H]1C. The van der Waals surface area contributed by atoms with Gasteiger partial charge in [0, 0.05) is 12.5 Å². The van der Waals surface area contributed by atoms with Crippen LogP contribution in [0.3, 0.4) is 0 Å². The Balaban J connectivity index is 2.28. The van der Waals surface area contributed by atoms with Gasteiger partial charge in [-0.3, -0.25) is 5.32 Å². The monoisotopic (exact) mass is 287 g/mol. The van der Waals surface area contributed by atoms with E-state index in [1.165, 1.54) is 13.8 Å². The summed E-state index contributed by atoms with van der Waals surface area (Å²) in [7, 11) is 0. The Bertz CT molecular complexity index is 489. The molecular formula is C14H16F3NO2. The van der Waals surface area contributed by atoms with Crippen molar-refractivity contribution in [1.82, 2.24) is 5.32 Å². The Kier molecular flexibility index (Phi) is 3.77. The molecule has 110 valence electrons. The Morgan fingerprint density at radius 2 is 1.85 bits per heavy atom. The van der Waals surface area contributed by atoms with Crippen LogP contribution < -0.4 is 5.32 Å². The first-order valence-electron chi connectivity index (χ1n) is 6.36. The summed E-state index contributed by atoms with van der Waals surface area (Å²) in [6.07, 6.45) is -5.48. The summed E-state index contributed by atoms with van der Waals surface area (Å²) in [5.41, 5.74) is -1.96. The second-order valence-electron chi connectivity index (χ2n) is 5.04. The molecule has 0 aliphatic carbocycles. The van der Waals surface area contributed by atoms with E-state index < -0.39 is 29.7 Å². The fourth-order valence-electron chi connectivity index (χ4n) is 2.45. The zero-order valence-electron chi connectivity index (χ0n) is 11.2. The number of esters is 1. The van der Waals surface area contributed by atoms with Gasteiger partial charge in [-0.25, -0.2) is 4.79 Å². The lowest BCUT2D eigenvalue weighted by atomic mass is 9.83. The summed E-state index contributed by atoms with van der Waals surface area (Å²) in [5.74, 6) is -2.24. The summed E-state index contributed by atoms with van der Waals surface area (Å²) >= 11 is 0. The molecule has 1 aliphatic rings. The first-order chi connectivity index (χ1) is 9.29. The van der Waals surface area contributed by atoms with Gasteiger partial charge < -0.3 is 4.74 Å². The summed E-state index contributed by atoms with van der Waals surface area (Å²) in [6, 6.07) is 8.64. The Hall–Kier alpha value is -1.56. The molecule has 6 heteroatoms. The average molecular weight is 287 g/mol. The Morgan fingerprint density at radius 1 is 1.25 bits per heavy atom. The minimum Gasteiger partial charge on any atom is -0.461 e. The zero-order chi connectivity index (χ0) is 15.0. The van der Waals surface area contributed by atoms with Gasteiger partial charge in [-0.05, 0) is 12.5 Å². The van der Waals surface area contributed by atoms with E-state index >= 15 is 0 Å². The van der Waals surface area contributed by atoms with Crippen LogP contribution in [0.25, 0.3) is 0 Å². The third-order valence-electron chi connectivity index (χ3n) is 3.86. The lowest BCUT2D eigenvalue weighted by Crippen LogP contribution is -2.63. The minimum atomic E-state index is -4.71. The van der Waals surface area contributed by atoms with Crippen molar-refractivity contribution in [3.05, 3.63) is 35.9 Å². The number of carbonyl (C=O) groups excluding carboxylic acids is 1. The van der Waals surface area contributed by atoms with Gasteiger partial charge in [-0.2, -0.15) is 13.2 Å². The number of alkyl halides is 3. The average Bonchev–Trinajstić information content (AvgIpc) is 2.60. The number of ether oxygens (including phenoxy) is 1. The number of hydrogen-bond acceptors (Lipinski definition) is 3. The molecule has 2 rings (SSSR count). The molecule has 0 saturated carbocycles. The number of halogens is 3. The van der Waals surface area contributed by atoms with E-state index in [9.17, 15) is 18.0 Å². The number of benzene rings is 1. The van der Waals surface area contributed by atoms with E-state index in [1.807, 2.05) is 0 Å². The molecule has 0 aromatic heterocycles. The lowest BCUT2D eigenvalue weighted by Gasteiger charge is -2.33. The normalized spacial score (nSPS) is 30.4. The Morgan fingerprint density at radius 3 is 2.30 bits per heavy atom. The smallest absolute Gasteiger partial charge is 0.417 e. The molecule has 1 N–H and O–H groups in total. The van der Waals surface area contributed by atoms with Gasteiger partial charge in [0.25, 0.3) is 0 Å². The van der Waals surface area contributed by atoms with Crippen molar-refractivity contribution in [3.63, 3.8) is 0 Å². The number of hydrogen-bond donors (Lipinski definition) is 1. The van der Waals surface area contributed by atoms with Crippen LogP contribution in [0, 0.1) is 5.92 Å². The highest BCUT2D eigenvalue weighted by Gasteiger charge is 2.69. The predicted octanol–water partition coefficient (Wildman–Crippen LogP) is 2.66. The predicted molar refractivity (Wildman–Crippen MR) is 66.8 cm³/mol. The maximum Gasteiger partial charge on any atom is 0.417 e. The molecule has 1 fully saturated rings. The molecular weight excluding hydrogens is 271 g/mol. The van der Waals surface area contributed by atoms with Crippen molar-refractivity contribution in [2.75, 3.05) is 0 Å². The first-order valence-corrected chi connectivity index (χ1v) is 6.36. The number of cyclic esters (lactones) is 1. The second kappa shape index (κ2) is 5.09. The topological polar surface area (TPSA) is 38.3 Å². The molecule has 0 spiro atoms. The standard InChI is InChI=1S/C14H16F3NO2/c1-9-10(2)20-12(19)13(9,14(15,16)17)18-8-11-6-4-3-5-7-11/h3-7,9-10,18H,8H2,1-2H3/t9-,10-,13+/m0/s1. The van der Waals surface area contributed by atoms with Gasteiger partial charge in [-0.15, -0.1) is 0 Å². The molecule has 1 saturated heterocycles. The first kappa shape index (κ1) is 14.8. The van der Waals surface area contributed by atoms with Gasteiger partial charge in [0.05, 0.1) is 0 Å². The van der Waals surface area contributed by atoms with Crippen LogP contribution in [-0.4, -0.2) is 23.8 Å². The molecule has 1 heterocycles. The molecule has 0 unspecified atom stereocenters. The van der Waals surface area contributed by atoms with Gasteiger partial charge >= 0.3 is 12.1 Å². The Labute approximate surface area is 115 Å². The quantitative estimate of drug-likeness (QED) is 0.869. The maximum atomic E-state index is 13.4. The second-order valence-corrected chi connectivity index (χ2v) is 5.04. The summed E-state index contributed by atoms with van der Waals surface area (Å²) in [4.78, 5) is 11.8. The number of rotatable bonds is 3. The van der Waals surface area contributed by atoms with Crippen LogP contribution >= 0.6 is 0 Å². The van der Waals surface area contributed by atoms with Gasteiger partial charge in [0.1, 0.15) is 6.10 Å². The van der Waals surface area contributed by atoms with Crippen molar-refractivity contribution in [2.45, 2.75) is 38.2 Å². The zero-order valence-corrected chi connectivity index (χ0v) is 11.2. The van der Waals surface area contributed by atoms with E-state index in [0.717, 1.165) is 0 Å². The molecule has 1 aliphatic heterocycles. The van der Waals surface area contributed by atoms with E-state index in [-0.39, 0.29) is 6.54 Å². The van der Waals surface area contributed by atoms with Crippen LogP contribution in [0.15, 0.2) is 30.3 Å². The van der Waals surface area contributed by atoms with Crippen LogP contribution in [0.5, 0.6) is 0 Å². The summed E-state index contributed by atoms with van der Waals surface area (Å²) in [6.45, 7) is 2.80. The van der Waals surface area contributed by atoms with Gasteiger partial charge in [0.15, 0.2) is 0 Å². The molecule has 0 bridgehead atoms. The summed E-state index contributed by atoms with van der Waals surface area (Å²) < 4.78 is 45.1. The number of nitrogens with one attached hydrogen (secondary N) is 1. The largest absolute Gasteiger partial charge is 0.461 e. The highest BCUT2D eigenvalue weighted by atomic mass is 19.4. The summed E-state index contributed by atoms with van der Waals surface area (Å²) in [5, 5.41) is 2.38. The van der Waals surface area contributed by atoms with Gasteiger partial charge in [-0.1, -0.05) is 37.3 Å². The van der Waals surface area contributed by atoms with Crippen molar-refractivity contribution in [2.24, 2.45) is 5.92 Å². The highest BCUT2D eigenvalue weighted by Crippen LogP contribution is 2.44. The molecule has 0 amide bonds. The molecule has 20 heavy (non-hydrogen) atoms. The minimum absolute atomic E-state index is 0.0491. The van der Waals surface area contributed by atoms with Crippen LogP contribution in [-0.2, 0) is 16.1 Å².